The lowest BCUT2D eigenvalue weighted by molar-refractivity contribution is -0.306. The van der Waals surface area contributed by atoms with Crippen LogP contribution >= 0.6 is 0 Å². The number of anilines is 1. The molecule has 0 bridgehead atoms. The zero-order valence-electron chi connectivity index (χ0n) is 19.1. The summed E-state index contributed by atoms with van der Waals surface area (Å²) in [6.45, 7) is 5.13. The largest absolute Gasteiger partial charge is 0.462 e. The maximum Gasteiger partial charge on any atom is 0.360 e. The van der Waals surface area contributed by atoms with E-state index in [9.17, 15) is 19.8 Å². The zero-order chi connectivity index (χ0) is 24.6. The molecule has 34 heavy (non-hydrogen) atoms. The van der Waals surface area contributed by atoms with Crippen molar-refractivity contribution in [3.8, 4) is 5.75 Å². The molecule has 2 aromatic heterocycles. The number of aryl methyl sites for hydroxylation is 1. The van der Waals surface area contributed by atoms with E-state index in [1.807, 2.05) is 0 Å². The quantitative estimate of drug-likeness (QED) is 0.478. The van der Waals surface area contributed by atoms with Gasteiger partial charge in [0.2, 0.25) is 6.29 Å². The molecule has 1 fully saturated rings. The Balaban J connectivity index is 1.60. The highest BCUT2D eigenvalue weighted by Crippen LogP contribution is 2.35. The maximum atomic E-state index is 12.6. The van der Waals surface area contributed by atoms with Gasteiger partial charge in [-0.1, -0.05) is 0 Å². The number of methoxy groups -OCH3 is 1. The molecule has 4 rings (SSSR count). The number of nitrogens with zero attached hydrogens (tertiary/aromatic N) is 1. The summed E-state index contributed by atoms with van der Waals surface area (Å²) in [5.74, 6) is -0.193. The first-order valence-corrected chi connectivity index (χ1v) is 10.6. The van der Waals surface area contributed by atoms with Gasteiger partial charge in [-0.15, -0.1) is 0 Å². The summed E-state index contributed by atoms with van der Waals surface area (Å²) >= 11 is 0. The van der Waals surface area contributed by atoms with Crippen molar-refractivity contribution in [1.29, 1.82) is 0 Å². The van der Waals surface area contributed by atoms with Gasteiger partial charge < -0.3 is 34.2 Å². The van der Waals surface area contributed by atoms with Gasteiger partial charge in [0.1, 0.15) is 35.3 Å². The second-order valence-corrected chi connectivity index (χ2v) is 8.60. The molecule has 0 aliphatic carbocycles. The summed E-state index contributed by atoms with van der Waals surface area (Å²) in [6, 6.07) is 7.98. The highest BCUT2D eigenvalue weighted by molar-refractivity contribution is 6.04. The first-order chi connectivity index (χ1) is 16.1. The fourth-order valence-electron chi connectivity index (χ4n) is 4.04. The Bertz CT molecular complexity index is 1260. The lowest BCUT2D eigenvalue weighted by atomic mass is 9.89. The lowest BCUT2D eigenvalue weighted by Gasteiger charge is -2.46. The van der Waals surface area contributed by atoms with E-state index in [0.29, 0.717) is 22.3 Å². The highest BCUT2D eigenvalue weighted by atomic mass is 16.7. The van der Waals surface area contributed by atoms with Gasteiger partial charge in [-0.2, -0.15) is 0 Å². The third-order valence-corrected chi connectivity index (χ3v) is 5.81. The van der Waals surface area contributed by atoms with Crippen LogP contribution in [0.25, 0.3) is 11.0 Å². The van der Waals surface area contributed by atoms with Gasteiger partial charge in [0.25, 0.3) is 5.91 Å². The van der Waals surface area contributed by atoms with E-state index in [4.69, 9.17) is 18.6 Å². The summed E-state index contributed by atoms with van der Waals surface area (Å²) in [4.78, 5) is 28.8. The molecule has 10 nitrogen and oxygen atoms in total. The van der Waals surface area contributed by atoms with E-state index in [2.05, 4.69) is 10.3 Å². The van der Waals surface area contributed by atoms with Crippen LogP contribution in [0.4, 0.5) is 5.69 Å². The fourth-order valence-corrected chi connectivity index (χ4v) is 4.04. The van der Waals surface area contributed by atoms with Gasteiger partial charge in [-0.25, -0.2) is 4.79 Å². The minimum Gasteiger partial charge on any atom is -0.462 e. The van der Waals surface area contributed by atoms with Gasteiger partial charge in [0.15, 0.2) is 0 Å². The van der Waals surface area contributed by atoms with Crippen LogP contribution < -0.4 is 15.7 Å². The Labute approximate surface area is 195 Å². The van der Waals surface area contributed by atoms with Crippen LogP contribution in [-0.2, 0) is 9.47 Å². The van der Waals surface area contributed by atoms with E-state index in [-0.39, 0.29) is 11.3 Å². The van der Waals surface area contributed by atoms with Crippen LogP contribution in [0.1, 0.15) is 29.8 Å². The molecule has 180 valence electrons. The number of nitrogens with one attached hydrogen (secondary N) is 1. The van der Waals surface area contributed by atoms with Crippen molar-refractivity contribution in [2.45, 2.75) is 51.0 Å². The smallest absolute Gasteiger partial charge is 0.360 e. The molecular weight excluding hydrogens is 444 g/mol. The van der Waals surface area contributed by atoms with Crippen molar-refractivity contribution in [2.24, 2.45) is 0 Å². The monoisotopic (exact) mass is 470 g/mol. The number of carbonyl (C=O) groups is 1. The van der Waals surface area contributed by atoms with Crippen molar-refractivity contribution in [3.63, 3.8) is 0 Å². The molecule has 3 heterocycles. The number of pyridine rings is 1. The molecular formula is C24H26N2O8. The predicted molar refractivity (Wildman–Crippen MR) is 122 cm³/mol. The number of ether oxygens (including phenoxy) is 3. The molecule has 1 aromatic carbocycles. The van der Waals surface area contributed by atoms with Crippen LogP contribution in [0.3, 0.4) is 0 Å². The third-order valence-electron chi connectivity index (χ3n) is 5.81. The molecule has 3 N–H and O–H groups in total. The number of carbonyl (C=O) groups excluding carboxylic acids is 1. The SMILES string of the molecule is COC1C(O)C(O)C(Oc2ccc3cc(NC(=O)c4cccnc4)c(=O)oc3c2C)OC1(C)C. The van der Waals surface area contributed by atoms with Gasteiger partial charge in [-0.05, 0) is 51.1 Å². The van der Waals surface area contributed by atoms with Crippen molar-refractivity contribution in [1.82, 2.24) is 4.98 Å². The molecule has 0 spiro atoms. The number of hydrogen-bond acceptors (Lipinski definition) is 9. The minimum absolute atomic E-state index is 0.0177. The average molecular weight is 470 g/mol. The van der Waals surface area contributed by atoms with Crippen LogP contribution in [0.5, 0.6) is 5.75 Å². The van der Waals surface area contributed by atoms with E-state index in [1.54, 1.807) is 51.2 Å². The second-order valence-electron chi connectivity index (χ2n) is 8.60. The Morgan fingerprint density at radius 3 is 2.65 bits per heavy atom. The number of aliphatic hydroxyl groups excluding tert-OH is 2. The standard InChI is InChI=1S/C24H26N2O8/c1-12-16(32-23-18(28)17(27)20(31-4)24(2,3)34-23)8-7-13-10-15(22(30)33-19(12)13)26-21(29)14-6-5-9-25-11-14/h5-11,17-18,20,23,27-28H,1-4H3,(H,26,29). The number of amides is 1. The molecule has 1 amide bonds. The summed E-state index contributed by atoms with van der Waals surface area (Å²) in [7, 11) is 1.43. The summed E-state index contributed by atoms with van der Waals surface area (Å²) in [5, 5.41) is 24.0. The van der Waals surface area contributed by atoms with E-state index < -0.39 is 41.7 Å². The Morgan fingerprint density at radius 1 is 1.21 bits per heavy atom. The van der Waals surface area contributed by atoms with E-state index in [1.165, 1.54) is 19.4 Å². The lowest BCUT2D eigenvalue weighted by Crippen LogP contribution is -2.63. The molecule has 0 radical (unpaired) electrons. The Morgan fingerprint density at radius 2 is 1.97 bits per heavy atom. The highest BCUT2D eigenvalue weighted by Gasteiger charge is 2.50. The van der Waals surface area contributed by atoms with Crippen LogP contribution in [0.15, 0.2) is 51.9 Å². The Hall–Kier alpha value is -3.31. The zero-order valence-corrected chi connectivity index (χ0v) is 19.1. The molecule has 1 aliphatic rings. The molecule has 4 atom stereocenters. The third kappa shape index (κ3) is 4.40. The maximum absolute atomic E-state index is 12.6. The summed E-state index contributed by atoms with van der Waals surface area (Å²) < 4.78 is 22.5. The molecule has 3 aromatic rings. The van der Waals surface area contributed by atoms with Crippen LogP contribution in [0, 0.1) is 6.92 Å². The average Bonchev–Trinajstić information content (AvgIpc) is 2.80. The predicted octanol–water partition coefficient (Wildman–Crippen LogP) is 2.00. The van der Waals surface area contributed by atoms with Crippen molar-refractivity contribution < 1.29 is 33.6 Å². The van der Waals surface area contributed by atoms with Gasteiger partial charge in [0.05, 0.1) is 11.2 Å². The summed E-state index contributed by atoms with van der Waals surface area (Å²) in [5.41, 5.74) is -0.655. The van der Waals surface area contributed by atoms with E-state index >= 15 is 0 Å². The fraction of sp³-hybridized carbons (Fsp3) is 0.375. The van der Waals surface area contributed by atoms with Crippen LogP contribution in [-0.4, -0.2) is 58.4 Å². The van der Waals surface area contributed by atoms with Crippen LogP contribution in [0.2, 0.25) is 0 Å². The van der Waals surface area contributed by atoms with Crippen molar-refractivity contribution >= 4 is 22.6 Å². The number of aromatic nitrogens is 1. The second kappa shape index (κ2) is 9.15. The molecule has 1 aliphatic heterocycles. The van der Waals surface area contributed by atoms with E-state index in [0.717, 1.165) is 0 Å². The molecule has 1 saturated heterocycles. The van der Waals surface area contributed by atoms with Gasteiger partial charge >= 0.3 is 5.63 Å². The van der Waals surface area contributed by atoms with Gasteiger partial charge in [-0.3, -0.25) is 9.78 Å². The normalized spacial score (nSPS) is 24.1. The first-order valence-electron chi connectivity index (χ1n) is 10.6. The molecule has 0 saturated carbocycles. The minimum atomic E-state index is -1.37. The number of hydrogen-bond donors (Lipinski definition) is 3. The molecule has 4 unspecified atom stereocenters. The number of aliphatic hydroxyl groups is 2. The van der Waals surface area contributed by atoms with Crippen molar-refractivity contribution in [2.75, 3.05) is 12.4 Å². The van der Waals surface area contributed by atoms with Crippen molar-refractivity contribution in [3.05, 3.63) is 64.3 Å². The Kier molecular flexibility index (Phi) is 6.41. The number of fused-ring (bicyclic) bond motifs is 1. The summed E-state index contributed by atoms with van der Waals surface area (Å²) in [6.07, 6.45) is -1.61. The molecule has 10 heteroatoms. The number of benzene rings is 1. The van der Waals surface area contributed by atoms with Gasteiger partial charge in [0, 0.05) is 30.5 Å². The topological polar surface area (TPSA) is 140 Å². The first kappa shape index (κ1) is 23.8. The number of rotatable bonds is 5.